The Kier molecular flexibility index (Phi) is 6.75. The first-order chi connectivity index (χ1) is 13.3. The Morgan fingerprint density at radius 3 is 2.71 bits per heavy atom. The van der Waals surface area contributed by atoms with Crippen LogP contribution in [-0.2, 0) is 24.2 Å². The summed E-state index contributed by atoms with van der Waals surface area (Å²) in [6.07, 6.45) is 4.87. The average Bonchev–Trinajstić information content (AvgIpc) is 3.01. The number of rotatable bonds is 6. The smallest absolute Gasteiger partial charge is 0.270 e. The topological polar surface area (TPSA) is 96.3 Å². The van der Waals surface area contributed by atoms with Crippen molar-refractivity contribution in [2.45, 2.75) is 77.0 Å². The number of ether oxygens (including phenoxy) is 1. The van der Waals surface area contributed by atoms with Crippen molar-refractivity contribution in [2.24, 2.45) is 5.10 Å². The van der Waals surface area contributed by atoms with E-state index < -0.39 is 15.9 Å². The van der Waals surface area contributed by atoms with Gasteiger partial charge in [-0.05, 0) is 46.0 Å². The number of nitrogens with zero attached hydrogens (tertiary/aromatic N) is 3. The second-order valence-electron chi connectivity index (χ2n) is 8.20. The first-order valence-electron chi connectivity index (χ1n) is 10.3. The summed E-state index contributed by atoms with van der Waals surface area (Å²) in [4.78, 5) is 27.3. The second kappa shape index (κ2) is 8.90. The maximum absolute atomic E-state index is 13.2. The van der Waals surface area contributed by atoms with Gasteiger partial charge >= 0.3 is 0 Å². The number of piperidine rings is 1. The Morgan fingerprint density at radius 2 is 2.04 bits per heavy atom. The highest BCUT2D eigenvalue weighted by Gasteiger charge is 2.38. The van der Waals surface area contributed by atoms with Crippen LogP contribution in [0.25, 0.3) is 0 Å². The summed E-state index contributed by atoms with van der Waals surface area (Å²) in [5.74, 6) is -0.306. The van der Waals surface area contributed by atoms with Gasteiger partial charge in [0.2, 0.25) is 5.91 Å². The van der Waals surface area contributed by atoms with Gasteiger partial charge in [0.15, 0.2) is 9.84 Å². The third-order valence-electron chi connectivity index (χ3n) is 5.65. The highest BCUT2D eigenvalue weighted by atomic mass is 32.2. The van der Waals surface area contributed by atoms with Crippen LogP contribution >= 0.6 is 0 Å². The van der Waals surface area contributed by atoms with E-state index in [1.54, 1.807) is 0 Å². The van der Waals surface area contributed by atoms with Crippen molar-refractivity contribution in [2.75, 3.05) is 24.7 Å². The molecule has 0 aliphatic carbocycles. The van der Waals surface area contributed by atoms with Crippen molar-refractivity contribution >= 4 is 27.4 Å². The first-order valence-corrected chi connectivity index (χ1v) is 12.1. The summed E-state index contributed by atoms with van der Waals surface area (Å²) < 4.78 is 29.2. The quantitative estimate of drug-likeness (QED) is 0.655. The fraction of sp³-hybridized carbons (Fsp3) is 0.842. The molecule has 3 aliphatic heterocycles. The van der Waals surface area contributed by atoms with Crippen LogP contribution in [0.2, 0.25) is 0 Å². The summed E-state index contributed by atoms with van der Waals surface area (Å²) in [5, 5.41) is 5.61. The Balaban J connectivity index is 1.70. The monoisotopic (exact) mass is 413 g/mol. The van der Waals surface area contributed by atoms with Crippen LogP contribution < -0.4 is 0 Å². The summed E-state index contributed by atoms with van der Waals surface area (Å²) in [5.41, 5.74) is 0.376. The molecule has 0 aromatic heterocycles. The van der Waals surface area contributed by atoms with E-state index in [0.29, 0.717) is 31.7 Å². The molecule has 0 N–H and O–H groups in total. The van der Waals surface area contributed by atoms with E-state index in [1.165, 1.54) is 5.01 Å². The number of carbonyl (C=O) groups excluding carboxylic acids is 2. The van der Waals surface area contributed by atoms with Gasteiger partial charge in [0.05, 0.1) is 23.7 Å². The van der Waals surface area contributed by atoms with Crippen molar-refractivity contribution in [1.82, 2.24) is 9.91 Å². The minimum atomic E-state index is -3.12. The number of likely N-dealkylation sites (tertiary alicyclic amines) is 1. The molecule has 3 aliphatic rings. The minimum absolute atomic E-state index is 0.0669. The predicted octanol–water partition coefficient (Wildman–Crippen LogP) is 1.35. The number of hydrogen-bond donors (Lipinski definition) is 0. The molecule has 2 fully saturated rings. The van der Waals surface area contributed by atoms with E-state index in [-0.39, 0.29) is 41.9 Å². The molecule has 2 saturated heterocycles. The molecule has 8 nitrogen and oxygen atoms in total. The van der Waals surface area contributed by atoms with Crippen LogP contribution in [0.1, 0.15) is 58.8 Å². The van der Waals surface area contributed by atoms with E-state index in [0.717, 1.165) is 25.7 Å². The van der Waals surface area contributed by atoms with Crippen LogP contribution in [0.5, 0.6) is 0 Å². The standard InChI is InChI=1S/C19H31N3O5S/c1-14(2)27-11-8-15-5-3-4-10-21(15)19(24)17-6-7-18(23)22(20-17)16-9-12-28(25,26)13-16/h14-16H,3-13H2,1-2H3. The molecule has 0 aromatic carbocycles. The molecule has 0 spiro atoms. The summed E-state index contributed by atoms with van der Waals surface area (Å²) in [7, 11) is -3.12. The molecule has 9 heteroatoms. The minimum Gasteiger partial charge on any atom is -0.379 e. The number of sulfone groups is 1. The zero-order chi connectivity index (χ0) is 20.3. The molecule has 0 bridgehead atoms. The fourth-order valence-electron chi connectivity index (χ4n) is 4.15. The lowest BCUT2D eigenvalue weighted by molar-refractivity contribution is -0.134. The highest BCUT2D eigenvalue weighted by Crippen LogP contribution is 2.25. The first kappa shape index (κ1) is 21.2. The zero-order valence-corrected chi connectivity index (χ0v) is 17.6. The Labute approximate surface area is 167 Å². The number of hydrogen-bond acceptors (Lipinski definition) is 6. The third kappa shape index (κ3) is 5.11. The molecule has 28 heavy (non-hydrogen) atoms. The van der Waals surface area contributed by atoms with E-state index in [4.69, 9.17) is 4.74 Å². The Bertz CT molecular complexity index is 734. The van der Waals surface area contributed by atoms with E-state index in [2.05, 4.69) is 5.10 Å². The molecule has 2 amide bonds. The second-order valence-corrected chi connectivity index (χ2v) is 10.4. The molecule has 3 rings (SSSR count). The van der Waals surface area contributed by atoms with Gasteiger partial charge in [0, 0.05) is 32.0 Å². The van der Waals surface area contributed by atoms with Crippen molar-refractivity contribution < 1.29 is 22.7 Å². The molecular formula is C19H31N3O5S. The lowest BCUT2D eigenvalue weighted by Gasteiger charge is -2.37. The normalized spacial score (nSPS) is 28.0. The average molecular weight is 414 g/mol. The Hall–Kier alpha value is -1.48. The van der Waals surface area contributed by atoms with Gasteiger partial charge in [0.25, 0.3) is 5.91 Å². The maximum Gasteiger partial charge on any atom is 0.270 e. The van der Waals surface area contributed by atoms with Gasteiger partial charge in [-0.25, -0.2) is 13.4 Å². The molecule has 0 saturated carbocycles. The zero-order valence-electron chi connectivity index (χ0n) is 16.8. The van der Waals surface area contributed by atoms with Crippen molar-refractivity contribution in [1.29, 1.82) is 0 Å². The van der Waals surface area contributed by atoms with Crippen LogP contribution in [0.4, 0.5) is 0 Å². The predicted molar refractivity (Wildman–Crippen MR) is 106 cm³/mol. The van der Waals surface area contributed by atoms with E-state index in [9.17, 15) is 18.0 Å². The van der Waals surface area contributed by atoms with Gasteiger partial charge in [-0.2, -0.15) is 5.10 Å². The van der Waals surface area contributed by atoms with Crippen LogP contribution in [0, 0.1) is 0 Å². The van der Waals surface area contributed by atoms with E-state index >= 15 is 0 Å². The number of amides is 2. The molecule has 0 aromatic rings. The van der Waals surface area contributed by atoms with Gasteiger partial charge in [0.1, 0.15) is 5.71 Å². The molecular weight excluding hydrogens is 382 g/mol. The molecule has 0 radical (unpaired) electrons. The van der Waals surface area contributed by atoms with Crippen molar-refractivity contribution in [3.05, 3.63) is 0 Å². The molecule has 3 heterocycles. The SMILES string of the molecule is CC(C)OCCC1CCCCN1C(=O)C1=NN(C2CCS(=O)(=O)C2)C(=O)CC1. The van der Waals surface area contributed by atoms with Gasteiger partial charge in [-0.1, -0.05) is 0 Å². The third-order valence-corrected chi connectivity index (χ3v) is 7.40. The summed E-state index contributed by atoms with van der Waals surface area (Å²) >= 11 is 0. The van der Waals surface area contributed by atoms with E-state index in [1.807, 2.05) is 18.7 Å². The summed E-state index contributed by atoms with van der Waals surface area (Å²) in [6, 6.07) is -0.321. The largest absolute Gasteiger partial charge is 0.379 e. The molecule has 2 unspecified atom stereocenters. The van der Waals surface area contributed by atoms with Gasteiger partial charge < -0.3 is 9.64 Å². The number of carbonyl (C=O) groups is 2. The Morgan fingerprint density at radius 1 is 1.25 bits per heavy atom. The highest BCUT2D eigenvalue weighted by molar-refractivity contribution is 7.91. The van der Waals surface area contributed by atoms with Gasteiger partial charge in [-0.15, -0.1) is 0 Å². The molecule has 2 atom stereocenters. The maximum atomic E-state index is 13.2. The fourth-order valence-corrected chi connectivity index (χ4v) is 5.84. The van der Waals surface area contributed by atoms with Crippen LogP contribution in [0.3, 0.4) is 0 Å². The van der Waals surface area contributed by atoms with Gasteiger partial charge in [-0.3, -0.25) is 9.59 Å². The lowest BCUT2D eigenvalue weighted by atomic mass is 9.98. The lowest BCUT2D eigenvalue weighted by Crippen LogP contribution is -2.50. The number of hydrazone groups is 1. The molecule has 158 valence electrons. The van der Waals surface area contributed by atoms with Crippen molar-refractivity contribution in [3.63, 3.8) is 0 Å². The van der Waals surface area contributed by atoms with Crippen molar-refractivity contribution in [3.8, 4) is 0 Å². The van der Waals surface area contributed by atoms with Crippen LogP contribution in [-0.4, -0.2) is 78.7 Å². The summed E-state index contributed by atoms with van der Waals surface area (Å²) in [6.45, 7) is 5.30. The van der Waals surface area contributed by atoms with Crippen LogP contribution in [0.15, 0.2) is 5.10 Å².